The van der Waals surface area contributed by atoms with Crippen molar-refractivity contribution in [1.82, 2.24) is 14.6 Å². The monoisotopic (exact) mass is 283 g/mol. The van der Waals surface area contributed by atoms with Gasteiger partial charge in [-0.1, -0.05) is 12.1 Å². The first kappa shape index (κ1) is 13.1. The van der Waals surface area contributed by atoms with Crippen molar-refractivity contribution >= 4 is 11.6 Å². The van der Waals surface area contributed by atoms with Crippen LogP contribution < -0.4 is 4.74 Å². The van der Waals surface area contributed by atoms with Crippen LogP contribution in [0.3, 0.4) is 0 Å². The van der Waals surface area contributed by atoms with Crippen LogP contribution in [0.15, 0.2) is 42.7 Å². The highest BCUT2D eigenvalue weighted by Gasteiger charge is 2.21. The van der Waals surface area contributed by atoms with Crippen molar-refractivity contribution in [2.45, 2.75) is 6.92 Å². The van der Waals surface area contributed by atoms with Crippen molar-refractivity contribution in [1.29, 1.82) is 0 Å². The molecule has 2 aromatic heterocycles. The molecule has 0 unspecified atom stereocenters. The van der Waals surface area contributed by atoms with Crippen LogP contribution in [0.2, 0.25) is 0 Å². The third-order valence-electron chi connectivity index (χ3n) is 3.03. The second-order valence-corrected chi connectivity index (χ2v) is 4.38. The number of carbonyl (C=O) groups is 1. The fourth-order valence-electron chi connectivity index (χ4n) is 2.19. The van der Waals surface area contributed by atoms with Crippen LogP contribution in [-0.2, 0) is 0 Å². The van der Waals surface area contributed by atoms with Crippen molar-refractivity contribution in [2.75, 3.05) is 6.61 Å². The lowest BCUT2D eigenvalue weighted by molar-refractivity contribution is 0.0699. The molecule has 106 valence electrons. The zero-order chi connectivity index (χ0) is 14.8. The molecule has 2 heterocycles. The van der Waals surface area contributed by atoms with Gasteiger partial charge in [0.25, 0.3) is 0 Å². The fourth-order valence-corrected chi connectivity index (χ4v) is 2.19. The Morgan fingerprint density at radius 1 is 1.38 bits per heavy atom. The molecule has 0 atom stereocenters. The number of hydrogen-bond acceptors (Lipinski definition) is 4. The zero-order valence-electron chi connectivity index (χ0n) is 11.4. The van der Waals surface area contributed by atoms with E-state index >= 15 is 0 Å². The minimum absolute atomic E-state index is 0.0873. The number of carboxylic acid groups (broad SMARTS) is 1. The summed E-state index contributed by atoms with van der Waals surface area (Å²) in [7, 11) is 0. The summed E-state index contributed by atoms with van der Waals surface area (Å²) in [5.41, 5.74) is 1.47. The molecule has 6 heteroatoms. The summed E-state index contributed by atoms with van der Waals surface area (Å²) in [6.07, 6.45) is 3.22. The van der Waals surface area contributed by atoms with E-state index in [9.17, 15) is 9.90 Å². The Hall–Kier alpha value is -2.89. The summed E-state index contributed by atoms with van der Waals surface area (Å²) in [5.74, 6) is -0.378. The number of fused-ring (bicyclic) bond motifs is 1. The first-order chi connectivity index (χ1) is 10.2. The van der Waals surface area contributed by atoms with Gasteiger partial charge in [0.1, 0.15) is 17.0 Å². The Kier molecular flexibility index (Phi) is 3.27. The summed E-state index contributed by atoms with van der Waals surface area (Å²) in [6, 6.07) is 8.91. The van der Waals surface area contributed by atoms with Crippen LogP contribution in [0.4, 0.5) is 0 Å². The molecule has 0 aliphatic rings. The van der Waals surface area contributed by atoms with E-state index in [2.05, 4.69) is 10.1 Å². The molecule has 0 saturated carbocycles. The Bertz CT molecular complexity index is 811. The Labute approximate surface area is 120 Å². The molecule has 0 bridgehead atoms. The van der Waals surface area contributed by atoms with E-state index in [0.717, 1.165) is 0 Å². The molecule has 0 spiro atoms. The van der Waals surface area contributed by atoms with Gasteiger partial charge < -0.3 is 9.84 Å². The molecule has 1 aromatic carbocycles. The highest BCUT2D eigenvalue weighted by Crippen LogP contribution is 2.28. The number of benzene rings is 1. The van der Waals surface area contributed by atoms with Crippen LogP contribution in [0.5, 0.6) is 5.75 Å². The maximum absolute atomic E-state index is 11.6. The van der Waals surface area contributed by atoms with Gasteiger partial charge in [-0.2, -0.15) is 5.10 Å². The summed E-state index contributed by atoms with van der Waals surface area (Å²) < 4.78 is 6.91. The third kappa shape index (κ3) is 2.31. The van der Waals surface area contributed by atoms with Crippen molar-refractivity contribution in [3.63, 3.8) is 0 Å². The largest absolute Gasteiger partial charge is 0.494 e. The predicted molar refractivity (Wildman–Crippen MR) is 76.6 cm³/mol. The van der Waals surface area contributed by atoms with Gasteiger partial charge in [0.15, 0.2) is 5.65 Å². The lowest BCUT2D eigenvalue weighted by Gasteiger charge is -2.04. The van der Waals surface area contributed by atoms with Crippen LogP contribution in [0, 0.1) is 0 Å². The van der Waals surface area contributed by atoms with Gasteiger partial charge in [-0.25, -0.2) is 14.3 Å². The number of aromatic nitrogens is 3. The van der Waals surface area contributed by atoms with E-state index in [1.165, 1.54) is 4.52 Å². The number of ether oxygens (including phenoxy) is 1. The molecule has 0 saturated heterocycles. The topological polar surface area (TPSA) is 76.7 Å². The molecule has 0 aliphatic carbocycles. The molecule has 3 rings (SSSR count). The molecule has 0 aliphatic heterocycles. The van der Waals surface area contributed by atoms with Gasteiger partial charge in [0.05, 0.1) is 6.61 Å². The van der Waals surface area contributed by atoms with Crippen LogP contribution in [0.25, 0.3) is 16.9 Å². The van der Waals surface area contributed by atoms with E-state index < -0.39 is 5.97 Å². The van der Waals surface area contributed by atoms with Crippen molar-refractivity contribution in [3.05, 3.63) is 48.3 Å². The lowest BCUT2D eigenvalue weighted by Crippen LogP contribution is -1.99. The van der Waals surface area contributed by atoms with Crippen LogP contribution >= 0.6 is 0 Å². The second-order valence-electron chi connectivity index (χ2n) is 4.38. The van der Waals surface area contributed by atoms with Gasteiger partial charge in [0, 0.05) is 18.0 Å². The maximum atomic E-state index is 11.6. The molecular weight excluding hydrogens is 270 g/mol. The smallest absolute Gasteiger partial charge is 0.341 e. The van der Waals surface area contributed by atoms with E-state index in [-0.39, 0.29) is 5.56 Å². The van der Waals surface area contributed by atoms with Crippen molar-refractivity contribution in [3.8, 4) is 17.0 Å². The minimum atomic E-state index is -1.06. The third-order valence-corrected chi connectivity index (χ3v) is 3.03. The number of carboxylic acids is 1. The number of aromatic carboxylic acids is 1. The Morgan fingerprint density at radius 2 is 2.24 bits per heavy atom. The Morgan fingerprint density at radius 3 is 3.00 bits per heavy atom. The number of nitrogens with zero attached hydrogens (tertiary/aromatic N) is 3. The maximum Gasteiger partial charge on any atom is 0.341 e. The molecule has 6 nitrogen and oxygen atoms in total. The molecular formula is C15H13N3O3. The summed E-state index contributed by atoms with van der Waals surface area (Å²) >= 11 is 0. The van der Waals surface area contributed by atoms with Gasteiger partial charge in [-0.3, -0.25) is 0 Å². The second kappa shape index (κ2) is 5.24. The quantitative estimate of drug-likeness (QED) is 0.796. The Balaban J connectivity index is 2.22. The van der Waals surface area contributed by atoms with E-state index in [1.807, 2.05) is 19.1 Å². The molecule has 21 heavy (non-hydrogen) atoms. The minimum Gasteiger partial charge on any atom is -0.494 e. The standard InChI is InChI=1S/C15H13N3O3/c1-2-21-11-6-3-5-10(9-11)13-12(15(19)20)14-16-7-4-8-18(14)17-13/h3-9H,2H2,1H3,(H,19,20). The summed E-state index contributed by atoms with van der Waals surface area (Å²) in [4.78, 5) is 15.7. The van der Waals surface area contributed by atoms with Crippen LogP contribution in [-0.4, -0.2) is 32.3 Å². The number of rotatable bonds is 4. The molecule has 1 N–H and O–H groups in total. The lowest BCUT2D eigenvalue weighted by atomic mass is 10.1. The first-order valence-corrected chi connectivity index (χ1v) is 6.50. The molecule has 0 fully saturated rings. The highest BCUT2D eigenvalue weighted by molar-refractivity contribution is 6.01. The van der Waals surface area contributed by atoms with Crippen LogP contribution in [0.1, 0.15) is 17.3 Å². The predicted octanol–water partition coefficient (Wildman–Crippen LogP) is 2.49. The van der Waals surface area contributed by atoms with Gasteiger partial charge in [-0.15, -0.1) is 0 Å². The zero-order valence-corrected chi connectivity index (χ0v) is 11.4. The van der Waals surface area contributed by atoms with Crippen molar-refractivity contribution in [2.24, 2.45) is 0 Å². The van der Waals surface area contributed by atoms with Gasteiger partial charge in [-0.05, 0) is 25.1 Å². The molecule has 0 radical (unpaired) electrons. The average molecular weight is 283 g/mol. The summed E-state index contributed by atoms with van der Waals surface area (Å²) in [5, 5.41) is 13.8. The van der Waals surface area contributed by atoms with Crippen molar-refractivity contribution < 1.29 is 14.6 Å². The SMILES string of the molecule is CCOc1cccc(-c2nn3cccnc3c2C(=O)O)c1. The normalized spacial score (nSPS) is 10.7. The first-order valence-electron chi connectivity index (χ1n) is 6.50. The number of hydrogen-bond donors (Lipinski definition) is 1. The van der Waals surface area contributed by atoms with E-state index in [1.54, 1.807) is 30.6 Å². The van der Waals surface area contributed by atoms with E-state index in [0.29, 0.717) is 29.3 Å². The molecule has 3 aromatic rings. The highest BCUT2D eigenvalue weighted by atomic mass is 16.5. The fraction of sp³-hybridized carbons (Fsp3) is 0.133. The van der Waals surface area contributed by atoms with E-state index in [4.69, 9.17) is 4.74 Å². The summed E-state index contributed by atoms with van der Waals surface area (Å²) in [6.45, 7) is 2.44. The molecule has 0 amide bonds. The average Bonchev–Trinajstić information content (AvgIpc) is 2.87. The van der Waals surface area contributed by atoms with Gasteiger partial charge >= 0.3 is 5.97 Å². The van der Waals surface area contributed by atoms with Gasteiger partial charge in [0.2, 0.25) is 0 Å².